The average molecular weight is 642 g/mol. The fourth-order valence-electron chi connectivity index (χ4n) is 3.87. The van der Waals surface area contributed by atoms with Crippen molar-refractivity contribution < 1.29 is 19.3 Å². The number of thioether (sulfide) groups is 1. The maximum atomic E-state index is 13.2. The van der Waals surface area contributed by atoms with Gasteiger partial charge in [0.25, 0.3) is 17.5 Å². The van der Waals surface area contributed by atoms with Gasteiger partial charge in [0.2, 0.25) is 5.91 Å². The minimum absolute atomic E-state index is 0.0393. The van der Waals surface area contributed by atoms with Gasteiger partial charge < -0.3 is 16.0 Å². The standard InChI is InChI=1S/C31H23N5O5S3/c37-28(35-31-34-27(18-44-31)21-9-4-11-23(15-21)36(40)41)19-43-24-12-5-10-22(16-24)32-30(39)26(17-25-13-6-14-42-25)33-29(38)20-7-2-1-3-8-20/h1-18H,19H2,(H,32,39)(H,33,38)(H,34,35,37)/b26-17-. The molecule has 0 aliphatic carbocycles. The van der Waals surface area contributed by atoms with E-state index in [1.54, 1.807) is 72.1 Å². The van der Waals surface area contributed by atoms with E-state index >= 15 is 0 Å². The van der Waals surface area contributed by atoms with Gasteiger partial charge in [0.05, 0.1) is 16.4 Å². The third kappa shape index (κ3) is 8.25. The highest BCUT2D eigenvalue weighted by Gasteiger charge is 2.16. The molecule has 0 bridgehead atoms. The Hall–Kier alpha value is -5.11. The molecule has 13 heteroatoms. The van der Waals surface area contributed by atoms with Crippen molar-refractivity contribution in [3.8, 4) is 11.3 Å². The number of carbonyl (C=O) groups excluding carboxylic acids is 3. The van der Waals surface area contributed by atoms with Gasteiger partial charge in [0.1, 0.15) is 5.70 Å². The monoisotopic (exact) mass is 641 g/mol. The third-order valence-electron chi connectivity index (χ3n) is 5.92. The van der Waals surface area contributed by atoms with Crippen LogP contribution in [0, 0.1) is 10.1 Å². The first-order chi connectivity index (χ1) is 21.3. The number of nitro groups is 1. The topological polar surface area (TPSA) is 143 Å². The number of nitrogens with one attached hydrogen (secondary N) is 3. The van der Waals surface area contributed by atoms with Gasteiger partial charge in [0, 0.05) is 44.1 Å². The normalized spacial score (nSPS) is 11.0. The Kier molecular flexibility index (Phi) is 9.92. The second-order valence-corrected chi connectivity index (χ2v) is 11.9. The van der Waals surface area contributed by atoms with Crippen molar-refractivity contribution in [2.45, 2.75) is 4.90 Å². The van der Waals surface area contributed by atoms with Crippen LogP contribution in [0.3, 0.4) is 0 Å². The fraction of sp³-hybridized carbons (Fsp3) is 0.0323. The summed E-state index contributed by atoms with van der Waals surface area (Å²) in [5.41, 5.74) is 2.07. The Morgan fingerprint density at radius 3 is 2.50 bits per heavy atom. The number of nitrogens with zero attached hydrogens (tertiary/aromatic N) is 2. The summed E-state index contributed by atoms with van der Waals surface area (Å²) in [6, 6.07) is 25.5. The van der Waals surface area contributed by atoms with Gasteiger partial charge in [-0.15, -0.1) is 34.4 Å². The number of thiophene rings is 1. The van der Waals surface area contributed by atoms with E-state index in [0.29, 0.717) is 27.6 Å². The molecule has 0 spiro atoms. The van der Waals surface area contributed by atoms with Crippen molar-refractivity contribution >= 4 is 74.7 Å². The fourth-order valence-corrected chi connectivity index (χ4v) is 6.02. The number of non-ortho nitro benzene ring substituents is 1. The Balaban J connectivity index is 1.19. The van der Waals surface area contributed by atoms with Crippen molar-refractivity contribution in [3.05, 3.63) is 128 Å². The number of amides is 3. The molecule has 220 valence electrons. The minimum atomic E-state index is -0.495. The summed E-state index contributed by atoms with van der Waals surface area (Å²) < 4.78 is 0. The van der Waals surface area contributed by atoms with Crippen molar-refractivity contribution in [2.24, 2.45) is 0 Å². The van der Waals surface area contributed by atoms with Crippen LogP contribution >= 0.6 is 34.4 Å². The summed E-state index contributed by atoms with van der Waals surface area (Å²) in [7, 11) is 0. The molecule has 0 saturated heterocycles. The summed E-state index contributed by atoms with van der Waals surface area (Å²) >= 11 is 3.93. The van der Waals surface area contributed by atoms with Crippen molar-refractivity contribution in [2.75, 3.05) is 16.4 Å². The number of nitro benzene ring substituents is 1. The minimum Gasteiger partial charge on any atom is -0.321 e. The first-order valence-corrected chi connectivity index (χ1v) is 15.7. The molecule has 0 unspecified atom stereocenters. The molecule has 3 N–H and O–H groups in total. The molecule has 2 aromatic heterocycles. The van der Waals surface area contributed by atoms with Crippen molar-refractivity contribution in [1.82, 2.24) is 10.3 Å². The summed E-state index contributed by atoms with van der Waals surface area (Å²) in [6.07, 6.45) is 1.62. The van der Waals surface area contributed by atoms with Crippen LogP contribution in [0.25, 0.3) is 17.3 Å². The van der Waals surface area contributed by atoms with E-state index in [4.69, 9.17) is 0 Å². The quantitative estimate of drug-likeness (QED) is 0.0615. The molecule has 0 fully saturated rings. The van der Waals surface area contributed by atoms with E-state index in [2.05, 4.69) is 20.9 Å². The molecule has 0 aliphatic heterocycles. The maximum absolute atomic E-state index is 13.2. The highest BCUT2D eigenvalue weighted by molar-refractivity contribution is 8.00. The molecule has 3 amide bonds. The summed E-state index contributed by atoms with van der Waals surface area (Å²) in [5.74, 6) is -1.10. The lowest BCUT2D eigenvalue weighted by Gasteiger charge is -2.12. The SMILES string of the molecule is O=C(CSc1cccc(NC(=O)/C(=C/c2cccs2)NC(=O)c2ccccc2)c1)Nc1nc(-c2cccc([N+](=O)[O-])c2)cs1. The summed E-state index contributed by atoms with van der Waals surface area (Å²) in [4.78, 5) is 55.2. The van der Waals surface area contributed by atoms with Crippen LogP contribution in [0.4, 0.5) is 16.5 Å². The number of hydrogen-bond donors (Lipinski definition) is 3. The number of hydrogen-bond acceptors (Lipinski definition) is 9. The average Bonchev–Trinajstić information content (AvgIpc) is 3.73. The smallest absolute Gasteiger partial charge is 0.272 e. The van der Waals surface area contributed by atoms with Gasteiger partial charge in [-0.1, -0.05) is 42.5 Å². The summed E-state index contributed by atoms with van der Waals surface area (Å²) in [6.45, 7) is 0. The zero-order chi connectivity index (χ0) is 30.9. The van der Waals surface area contributed by atoms with Gasteiger partial charge in [-0.3, -0.25) is 24.5 Å². The van der Waals surface area contributed by atoms with E-state index < -0.39 is 16.7 Å². The van der Waals surface area contributed by atoms with Crippen molar-refractivity contribution in [1.29, 1.82) is 0 Å². The van der Waals surface area contributed by atoms with E-state index in [1.807, 2.05) is 23.6 Å². The van der Waals surface area contributed by atoms with Gasteiger partial charge in [-0.2, -0.15) is 0 Å². The number of aromatic nitrogens is 1. The van der Waals surface area contributed by atoms with Crippen LogP contribution in [0.1, 0.15) is 15.2 Å². The molecule has 5 aromatic rings. The molecular weight excluding hydrogens is 619 g/mol. The van der Waals surface area contributed by atoms with Gasteiger partial charge in [0.15, 0.2) is 5.13 Å². The van der Waals surface area contributed by atoms with Crippen LogP contribution < -0.4 is 16.0 Å². The number of rotatable bonds is 11. The first-order valence-electron chi connectivity index (χ1n) is 13.0. The van der Waals surface area contributed by atoms with Crippen molar-refractivity contribution in [3.63, 3.8) is 0 Å². The van der Waals surface area contributed by atoms with Gasteiger partial charge >= 0.3 is 0 Å². The zero-order valence-electron chi connectivity index (χ0n) is 22.8. The van der Waals surface area contributed by atoms with Crippen LogP contribution in [-0.2, 0) is 9.59 Å². The van der Waals surface area contributed by atoms with Gasteiger partial charge in [-0.05, 0) is 47.9 Å². The molecule has 0 atom stereocenters. The lowest BCUT2D eigenvalue weighted by atomic mass is 10.1. The third-order valence-corrected chi connectivity index (χ3v) is 8.49. The highest BCUT2D eigenvalue weighted by atomic mass is 32.2. The molecule has 0 radical (unpaired) electrons. The van der Waals surface area contributed by atoms with Crippen LogP contribution in [0.5, 0.6) is 0 Å². The molecule has 10 nitrogen and oxygen atoms in total. The van der Waals surface area contributed by atoms with E-state index in [-0.39, 0.29) is 23.0 Å². The Labute approximate surface area is 264 Å². The Bertz CT molecular complexity index is 1840. The summed E-state index contributed by atoms with van der Waals surface area (Å²) in [5, 5.41) is 23.3. The molecule has 5 rings (SSSR count). The van der Waals surface area contributed by atoms with Crippen LogP contribution in [-0.4, -0.2) is 33.4 Å². The van der Waals surface area contributed by atoms with Crippen LogP contribution in [0.15, 0.2) is 112 Å². The van der Waals surface area contributed by atoms with Gasteiger partial charge in [-0.25, -0.2) is 4.98 Å². The van der Waals surface area contributed by atoms with E-state index in [0.717, 1.165) is 9.77 Å². The lowest BCUT2D eigenvalue weighted by molar-refractivity contribution is -0.384. The maximum Gasteiger partial charge on any atom is 0.272 e. The number of carbonyl (C=O) groups is 3. The van der Waals surface area contributed by atoms with E-state index in [9.17, 15) is 24.5 Å². The number of benzene rings is 3. The second-order valence-electron chi connectivity index (χ2n) is 9.06. The molecule has 2 heterocycles. The Morgan fingerprint density at radius 1 is 0.909 bits per heavy atom. The molecule has 0 saturated carbocycles. The number of thiazole rings is 1. The predicted molar refractivity (Wildman–Crippen MR) is 175 cm³/mol. The first kappa shape index (κ1) is 30.4. The molecule has 44 heavy (non-hydrogen) atoms. The molecular formula is C31H23N5O5S3. The Morgan fingerprint density at radius 2 is 1.73 bits per heavy atom. The lowest BCUT2D eigenvalue weighted by Crippen LogP contribution is -2.30. The van der Waals surface area contributed by atoms with E-state index in [1.165, 1.54) is 46.6 Å². The zero-order valence-corrected chi connectivity index (χ0v) is 25.2. The van der Waals surface area contributed by atoms with Crippen LogP contribution in [0.2, 0.25) is 0 Å². The number of anilines is 2. The molecule has 0 aliphatic rings. The second kappa shape index (κ2) is 14.4. The predicted octanol–water partition coefficient (Wildman–Crippen LogP) is 6.92. The highest BCUT2D eigenvalue weighted by Crippen LogP contribution is 2.28. The molecule has 3 aromatic carbocycles. The largest absolute Gasteiger partial charge is 0.321 e.